The van der Waals surface area contributed by atoms with Gasteiger partial charge in [-0.25, -0.2) is 0 Å². The molecular formula is C27H23IO2. The summed E-state index contributed by atoms with van der Waals surface area (Å²) in [4.78, 5) is 0. The van der Waals surface area contributed by atoms with Crippen LogP contribution in [-0.2, 0) is 5.41 Å². The van der Waals surface area contributed by atoms with Crippen LogP contribution in [0, 0.1) is 3.57 Å². The van der Waals surface area contributed by atoms with Crippen LogP contribution in [0.3, 0.4) is 0 Å². The Labute approximate surface area is 191 Å². The van der Waals surface area contributed by atoms with E-state index in [1.807, 2.05) is 78.9 Å². The molecule has 3 heteroatoms. The van der Waals surface area contributed by atoms with Gasteiger partial charge in [0.05, 0.1) is 0 Å². The molecule has 0 aliphatic rings. The van der Waals surface area contributed by atoms with E-state index in [1.54, 1.807) is 0 Å². The molecule has 0 atom stereocenters. The Bertz CT molecular complexity index is 1080. The van der Waals surface area contributed by atoms with E-state index in [4.69, 9.17) is 9.47 Å². The lowest BCUT2D eigenvalue weighted by molar-refractivity contribution is 0.481. The summed E-state index contributed by atoms with van der Waals surface area (Å²) in [5.41, 5.74) is 2.33. The average Bonchev–Trinajstić information content (AvgIpc) is 2.77. The molecule has 0 unspecified atom stereocenters. The summed E-state index contributed by atoms with van der Waals surface area (Å²) in [5.74, 6) is 3.36. The van der Waals surface area contributed by atoms with E-state index in [0.717, 1.165) is 23.0 Å². The van der Waals surface area contributed by atoms with Gasteiger partial charge >= 0.3 is 0 Å². The number of halogens is 1. The summed E-state index contributed by atoms with van der Waals surface area (Å²) in [7, 11) is 0. The lowest BCUT2D eigenvalue weighted by Gasteiger charge is -2.26. The number of hydrogen-bond donors (Lipinski definition) is 0. The van der Waals surface area contributed by atoms with Crippen molar-refractivity contribution in [2.75, 3.05) is 0 Å². The first-order chi connectivity index (χ1) is 14.5. The molecular weight excluding hydrogens is 483 g/mol. The van der Waals surface area contributed by atoms with E-state index in [9.17, 15) is 0 Å². The predicted molar refractivity (Wildman–Crippen MR) is 131 cm³/mol. The van der Waals surface area contributed by atoms with E-state index in [2.05, 4.69) is 60.7 Å². The van der Waals surface area contributed by atoms with E-state index >= 15 is 0 Å². The second kappa shape index (κ2) is 8.92. The van der Waals surface area contributed by atoms with Crippen molar-refractivity contribution in [3.8, 4) is 23.0 Å². The van der Waals surface area contributed by atoms with E-state index in [-0.39, 0.29) is 5.41 Å². The molecule has 0 spiro atoms. The number of benzene rings is 4. The second-order valence-corrected chi connectivity index (χ2v) is 8.89. The summed E-state index contributed by atoms with van der Waals surface area (Å²) >= 11 is 2.29. The quantitative estimate of drug-likeness (QED) is 0.246. The summed E-state index contributed by atoms with van der Waals surface area (Å²) in [6, 6.07) is 34.5. The van der Waals surface area contributed by atoms with E-state index in [0.29, 0.717) is 0 Å². The maximum absolute atomic E-state index is 5.96. The maximum atomic E-state index is 5.96. The van der Waals surface area contributed by atoms with Crippen molar-refractivity contribution in [2.24, 2.45) is 0 Å². The molecule has 0 bridgehead atoms. The molecule has 0 saturated heterocycles. The normalized spacial score (nSPS) is 11.2. The lowest BCUT2D eigenvalue weighted by Crippen LogP contribution is -2.18. The van der Waals surface area contributed by atoms with Crippen LogP contribution in [0.4, 0.5) is 0 Å². The molecule has 4 aromatic rings. The highest BCUT2D eigenvalue weighted by Crippen LogP contribution is 2.34. The molecule has 2 nitrogen and oxygen atoms in total. The molecule has 0 aliphatic carbocycles. The van der Waals surface area contributed by atoms with Crippen LogP contribution in [0.15, 0.2) is 103 Å². The third-order valence-electron chi connectivity index (χ3n) is 5.18. The summed E-state index contributed by atoms with van der Waals surface area (Å²) in [5, 5.41) is 0. The SMILES string of the molecule is CC(C)(c1ccc(Oc2ccccc2)cc1)c1ccc(Oc2ccc(I)cc2)cc1. The fourth-order valence-corrected chi connectivity index (χ4v) is 3.67. The Morgan fingerprint density at radius 2 is 0.867 bits per heavy atom. The second-order valence-electron chi connectivity index (χ2n) is 7.64. The smallest absolute Gasteiger partial charge is 0.127 e. The minimum atomic E-state index is -0.132. The molecule has 0 heterocycles. The maximum Gasteiger partial charge on any atom is 0.127 e. The van der Waals surface area contributed by atoms with Crippen LogP contribution in [0.2, 0.25) is 0 Å². The van der Waals surface area contributed by atoms with Crippen LogP contribution in [-0.4, -0.2) is 0 Å². The van der Waals surface area contributed by atoms with Gasteiger partial charge in [-0.15, -0.1) is 0 Å². The topological polar surface area (TPSA) is 18.5 Å². The summed E-state index contributed by atoms with van der Waals surface area (Å²) < 4.78 is 13.1. The Hall–Kier alpha value is -2.79. The zero-order valence-corrected chi connectivity index (χ0v) is 19.2. The van der Waals surface area contributed by atoms with Crippen LogP contribution in [0.5, 0.6) is 23.0 Å². The van der Waals surface area contributed by atoms with Crippen molar-refractivity contribution in [1.29, 1.82) is 0 Å². The Balaban J connectivity index is 1.47. The third-order valence-corrected chi connectivity index (χ3v) is 5.90. The standard InChI is InChI=1S/C27H23IO2/c1-27(2,20-8-14-24(15-9-20)29-23-6-4-3-5-7-23)21-10-16-25(17-11-21)30-26-18-12-22(28)13-19-26/h3-19H,1-2H3. The van der Waals surface area contributed by atoms with E-state index in [1.165, 1.54) is 14.7 Å². The number of rotatable bonds is 6. The Morgan fingerprint density at radius 1 is 0.500 bits per heavy atom. The number of hydrogen-bond acceptors (Lipinski definition) is 2. The van der Waals surface area contributed by atoms with Gasteiger partial charge in [-0.2, -0.15) is 0 Å². The van der Waals surface area contributed by atoms with Crippen molar-refractivity contribution in [3.05, 3.63) is 118 Å². The Kier molecular flexibility index (Phi) is 6.09. The molecule has 0 amide bonds. The van der Waals surface area contributed by atoms with Crippen LogP contribution in [0.1, 0.15) is 25.0 Å². The minimum absolute atomic E-state index is 0.132. The van der Waals surface area contributed by atoms with Gasteiger partial charge in [0.2, 0.25) is 0 Å². The highest BCUT2D eigenvalue weighted by molar-refractivity contribution is 14.1. The van der Waals surface area contributed by atoms with E-state index < -0.39 is 0 Å². The fraction of sp³-hybridized carbons (Fsp3) is 0.111. The molecule has 0 fully saturated rings. The summed E-state index contributed by atoms with van der Waals surface area (Å²) in [6.07, 6.45) is 0. The van der Waals surface area contributed by atoms with Crippen molar-refractivity contribution in [3.63, 3.8) is 0 Å². The zero-order valence-electron chi connectivity index (χ0n) is 17.0. The molecule has 150 valence electrons. The van der Waals surface area contributed by atoms with Crippen LogP contribution < -0.4 is 9.47 Å². The first-order valence-electron chi connectivity index (χ1n) is 9.88. The van der Waals surface area contributed by atoms with Gasteiger partial charge < -0.3 is 9.47 Å². The molecule has 0 aromatic heterocycles. The minimum Gasteiger partial charge on any atom is -0.457 e. The van der Waals surface area contributed by atoms with Gasteiger partial charge in [0, 0.05) is 8.99 Å². The van der Waals surface area contributed by atoms with Crippen LogP contribution in [0.25, 0.3) is 0 Å². The zero-order chi connectivity index (χ0) is 21.0. The highest BCUT2D eigenvalue weighted by atomic mass is 127. The fourth-order valence-electron chi connectivity index (χ4n) is 3.31. The van der Waals surface area contributed by atoms with Gasteiger partial charge in [-0.1, -0.05) is 56.3 Å². The van der Waals surface area contributed by atoms with Crippen molar-refractivity contribution >= 4 is 22.6 Å². The van der Waals surface area contributed by atoms with Gasteiger partial charge in [-0.05, 0) is 94.4 Å². The van der Waals surface area contributed by atoms with Crippen molar-refractivity contribution in [1.82, 2.24) is 0 Å². The molecule has 0 N–H and O–H groups in total. The first kappa shape index (κ1) is 20.5. The molecule has 4 aromatic carbocycles. The van der Waals surface area contributed by atoms with Gasteiger partial charge in [0.25, 0.3) is 0 Å². The molecule has 30 heavy (non-hydrogen) atoms. The van der Waals surface area contributed by atoms with Crippen molar-refractivity contribution < 1.29 is 9.47 Å². The largest absolute Gasteiger partial charge is 0.457 e. The van der Waals surface area contributed by atoms with Gasteiger partial charge in [-0.3, -0.25) is 0 Å². The van der Waals surface area contributed by atoms with Crippen LogP contribution >= 0.6 is 22.6 Å². The molecule has 0 saturated carbocycles. The first-order valence-corrected chi connectivity index (χ1v) is 11.0. The van der Waals surface area contributed by atoms with Gasteiger partial charge in [0.15, 0.2) is 0 Å². The summed E-state index contributed by atoms with van der Waals surface area (Å²) in [6.45, 7) is 4.46. The lowest BCUT2D eigenvalue weighted by atomic mass is 9.78. The Morgan fingerprint density at radius 3 is 1.30 bits per heavy atom. The molecule has 4 rings (SSSR count). The molecule has 0 radical (unpaired) electrons. The van der Waals surface area contributed by atoms with Gasteiger partial charge in [0.1, 0.15) is 23.0 Å². The number of ether oxygens (including phenoxy) is 2. The highest BCUT2D eigenvalue weighted by Gasteiger charge is 2.23. The van der Waals surface area contributed by atoms with Crippen molar-refractivity contribution in [2.45, 2.75) is 19.3 Å². The average molecular weight is 506 g/mol. The third kappa shape index (κ3) is 4.85. The predicted octanol–water partition coefficient (Wildman–Crippen LogP) is 8.20. The monoisotopic (exact) mass is 506 g/mol. The molecule has 0 aliphatic heterocycles. The number of para-hydroxylation sites is 1.